The molecule has 0 fully saturated rings. The molecule has 0 aliphatic rings. The van der Waals surface area contributed by atoms with Crippen molar-refractivity contribution in [1.82, 2.24) is 16.0 Å². The minimum Gasteiger partial charge on any atom is -0.444 e. The summed E-state index contributed by atoms with van der Waals surface area (Å²) >= 11 is 0. The maximum atomic E-state index is 11.6. The molecule has 0 heterocycles. The van der Waals surface area contributed by atoms with E-state index in [0.717, 1.165) is 17.7 Å². The first-order valence-corrected chi connectivity index (χ1v) is 9.53. The van der Waals surface area contributed by atoms with Crippen LogP contribution in [0.3, 0.4) is 0 Å². The number of nitrogens with one attached hydrogen (secondary N) is 4. The van der Waals surface area contributed by atoms with Gasteiger partial charge in [-0.15, -0.1) is 24.0 Å². The molecule has 1 aromatic carbocycles. The standard InChI is InChI=1S/C20H33N5O3.HI/c1-6-7-17(26)25-16-10-8-15(9-11-16)14-24-18(21-5)22-12-13-23-19(27)28-20(2,3)4;/h8-11H,6-7,12-14H2,1-5H3,(H,23,27)(H,25,26)(H2,21,22,24);1H. The minimum atomic E-state index is -0.510. The van der Waals surface area contributed by atoms with Crippen molar-refractivity contribution in [3.05, 3.63) is 29.8 Å². The zero-order valence-electron chi connectivity index (χ0n) is 17.9. The first kappa shape index (κ1) is 27.0. The summed E-state index contributed by atoms with van der Waals surface area (Å²) in [5.74, 6) is 0.657. The third-order valence-electron chi connectivity index (χ3n) is 3.48. The molecule has 8 nitrogen and oxygen atoms in total. The third kappa shape index (κ3) is 12.9. The zero-order valence-corrected chi connectivity index (χ0v) is 20.3. The van der Waals surface area contributed by atoms with Crippen LogP contribution in [0.5, 0.6) is 0 Å². The normalized spacial score (nSPS) is 11.1. The number of nitrogens with zero attached hydrogens (tertiary/aromatic N) is 1. The van der Waals surface area contributed by atoms with Crippen molar-refractivity contribution in [3.63, 3.8) is 0 Å². The fraction of sp³-hybridized carbons (Fsp3) is 0.550. The molecule has 0 aromatic heterocycles. The Hall–Kier alpha value is -2.04. The van der Waals surface area contributed by atoms with Crippen molar-refractivity contribution >= 4 is 47.6 Å². The van der Waals surface area contributed by atoms with Gasteiger partial charge in [0.25, 0.3) is 0 Å². The molecule has 2 amide bonds. The smallest absolute Gasteiger partial charge is 0.407 e. The first-order valence-electron chi connectivity index (χ1n) is 9.53. The lowest BCUT2D eigenvalue weighted by Crippen LogP contribution is -2.42. The lowest BCUT2D eigenvalue weighted by molar-refractivity contribution is -0.116. The summed E-state index contributed by atoms with van der Waals surface area (Å²) < 4.78 is 5.17. The Balaban J connectivity index is 0.00000784. The van der Waals surface area contributed by atoms with E-state index in [1.807, 2.05) is 52.0 Å². The van der Waals surface area contributed by atoms with Crippen LogP contribution in [-0.4, -0.2) is 43.7 Å². The molecule has 0 saturated carbocycles. The van der Waals surface area contributed by atoms with Crippen molar-refractivity contribution < 1.29 is 14.3 Å². The molecular weight excluding hydrogens is 485 g/mol. The number of carbonyl (C=O) groups is 2. The highest BCUT2D eigenvalue weighted by atomic mass is 127. The van der Waals surface area contributed by atoms with Gasteiger partial charge in [-0.05, 0) is 44.9 Å². The number of alkyl carbamates (subject to hydrolysis) is 1. The van der Waals surface area contributed by atoms with Gasteiger partial charge < -0.3 is 26.0 Å². The predicted molar refractivity (Wildman–Crippen MR) is 128 cm³/mol. The van der Waals surface area contributed by atoms with Crippen molar-refractivity contribution in [1.29, 1.82) is 0 Å². The van der Waals surface area contributed by atoms with Gasteiger partial charge >= 0.3 is 6.09 Å². The largest absolute Gasteiger partial charge is 0.444 e. The van der Waals surface area contributed by atoms with Crippen LogP contribution in [-0.2, 0) is 16.1 Å². The third-order valence-corrected chi connectivity index (χ3v) is 3.48. The molecule has 164 valence electrons. The summed E-state index contributed by atoms with van der Waals surface area (Å²) in [6.07, 6.45) is 0.907. The topological polar surface area (TPSA) is 104 Å². The van der Waals surface area contributed by atoms with Crippen LogP contribution >= 0.6 is 24.0 Å². The Morgan fingerprint density at radius 3 is 2.21 bits per heavy atom. The number of anilines is 1. The number of halogens is 1. The second-order valence-corrected chi connectivity index (χ2v) is 7.28. The highest BCUT2D eigenvalue weighted by Gasteiger charge is 2.15. The summed E-state index contributed by atoms with van der Waals surface area (Å²) in [7, 11) is 1.68. The molecule has 1 rings (SSSR count). The molecule has 0 spiro atoms. The highest BCUT2D eigenvalue weighted by Crippen LogP contribution is 2.10. The van der Waals surface area contributed by atoms with Gasteiger partial charge in [0.2, 0.25) is 5.91 Å². The summed E-state index contributed by atoms with van der Waals surface area (Å²) in [5, 5.41) is 11.9. The Kier molecular flexibility index (Phi) is 13.0. The number of hydrogen-bond acceptors (Lipinski definition) is 4. The molecule has 0 saturated heterocycles. The van der Waals surface area contributed by atoms with E-state index in [0.29, 0.717) is 32.0 Å². The number of ether oxygens (including phenoxy) is 1. The maximum Gasteiger partial charge on any atom is 0.407 e. The predicted octanol–water partition coefficient (Wildman–Crippen LogP) is 3.23. The van der Waals surface area contributed by atoms with E-state index in [1.165, 1.54) is 0 Å². The quantitative estimate of drug-likeness (QED) is 0.183. The molecule has 29 heavy (non-hydrogen) atoms. The lowest BCUT2D eigenvalue weighted by Gasteiger charge is -2.20. The Morgan fingerprint density at radius 2 is 1.66 bits per heavy atom. The van der Waals surface area contributed by atoms with Crippen molar-refractivity contribution in [2.45, 2.75) is 52.7 Å². The Bertz CT molecular complexity index is 657. The fourth-order valence-corrected chi connectivity index (χ4v) is 2.22. The number of hydrogen-bond donors (Lipinski definition) is 4. The van der Waals surface area contributed by atoms with Gasteiger partial charge in [-0.1, -0.05) is 19.1 Å². The molecular formula is C20H34IN5O3. The van der Waals surface area contributed by atoms with Crippen LogP contribution < -0.4 is 21.3 Å². The van der Waals surface area contributed by atoms with Gasteiger partial charge in [-0.3, -0.25) is 9.79 Å². The number of aliphatic imine (C=N–C) groups is 1. The summed E-state index contributed by atoms with van der Waals surface area (Å²) in [4.78, 5) is 27.3. The second kappa shape index (κ2) is 14.0. The van der Waals surface area contributed by atoms with Crippen LogP contribution in [0.1, 0.15) is 46.1 Å². The van der Waals surface area contributed by atoms with Gasteiger partial charge in [0.15, 0.2) is 5.96 Å². The average Bonchev–Trinajstić information content (AvgIpc) is 2.61. The SMILES string of the molecule is CCCC(=O)Nc1ccc(CNC(=NC)NCCNC(=O)OC(C)(C)C)cc1.I. The van der Waals surface area contributed by atoms with E-state index in [2.05, 4.69) is 26.3 Å². The van der Waals surface area contributed by atoms with Crippen molar-refractivity contribution in [3.8, 4) is 0 Å². The van der Waals surface area contributed by atoms with Gasteiger partial charge in [0.05, 0.1) is 0 Å². The maximum absolute atomic E-state index is 11.6. The molecule has 0 aliphatic heterocycles. The Morgan fingerprint density at radius 1 is 1.03 bits per heavy atom. The summed E-state index contributed by atoms with van der Waals surface area (Å²) in [6.45, 7) is 8.96. The van der Waals surface area contributed by atoms with Crippen LogP contribution in [0, 0.1) is 0 Å². The molecule has 0 atom stereocenters. The molecule has 1 aromatic rings. The number of amides is 2. The molecule has 0 unspecified atom stereocenters. The molecule has 0 bridgehead atoms. The van der Waals surface area contributed by atoms with Gasteiger partial charge in [0, 0.05) is 38.8 Å². The van der Waals surface area contributed by atoms with Crippen LogP contribution in [0.25, 0.3) is 0 Å². The van der Waals surface area contributed by atoms with E-state index in [4.69, 9.17) is 4.74 Å². The molecule has 4 N–H and O–H groups in total. The van der Waals surface area contributed by atoms with Gasteiger partial charge in [-0.25, -0.2) is 4.79 Å². The van der Waals surface area contributed by atoms with E-state index >= 15 is 0 Å². The van der Waals surface area contributed by atoms with Crippen molar-refractivity contribution in [2.24, 2.45) is 4.99 Å². The summed E-state index contributed by atoms with van der Waals surface area (Å²) in [6, 6.07) is 7.66. The van der Waals surface area contributed by atoms with Gasteiger partial charge in [-0.2, -0.15) is 0 Å². The number of rotatable bonds is 8. The van der Waals surface area contributed by atoms with Crippen LogP contribution in [0.2, 0.25) is 0 Å². The second-order valence-electron chi connectivity index (χ2n) is 7.28. The van der Waals surface area contributed by atoms with E-state index in [1.54, 1.807) is 7.05 Å². The van der Waals surface area contributed by atoms with E-state index < -0.39 is 11.7 Å². The Labute approximate surface area is 190 Å². The molecule has 9 heteroatoms. The molecule has 0 aliphatic carbocycles. The number of guanidine groups is 1. The number of benzene rings is 1. The van der Waals surface area contributed by atoms with Crippen LogP contribution in [0.15, 0.2) is 29.3 Å². The highest BCUT2D eigenvalue weighted by molar-refractivity contribution is 14.0. The van der Waals surface area contributed by atoms with Crippen molar-refractivity contribution in [2.75, 3.05) is 25.5 Å². The van der Waals surface area contributed by atoms with Gasteiger partial charge in [0.1, 0.15) is 5.60 Å². The zero-order chi connectivity index (χ0) is 21.0. The number of carbonyl (C=O) groups excluding carboxylic acids is 2. The van der Waals surface area contributed by atoms with Crippen LogP contribution in [0.4, 0.5) is 10.5 Å². The van der Waals surface area contributed by atoms with E-state index in [-0.39, 0.29) is 29.9 Å². The minimum absolute atomic E-state index is 0. The van der Waals surface area contributed by atoms with E-state index in [9.17, 15) is 9.59 Å². The average molecular weight is 519 g/mol. The first-order chi connectivity index (χ1) is 13.2. The monoisotopic (exact) mass is 519 g/mol. The fourth-order valence-electron chi connectivity index (χ4n) is 2.22. The molecule has 0 radical (unpaired) electrons. The summed E-state index contributed by atoms with van der Waals surface area (Å²) in [5.41, 5.74) is 1.34. The lowest BCUT2D eigenvalue weighted by atomic mass is 10.2.